The van der Waals surface area contributed by atoms with E-state index in [1.165, 1.54) is 6.08 Å². The Bertz CT molecular complexity index is 680. The molecule has 0 radical (unpaired) electrons. The molecule has 0 unspecified atom stereocenters. The van der Waals surface area contributed by atoms with Crippen LogP contribution in [0.3, 0.4) is 0 Å². The van der Waals surface area contributed by atoms with Crippen LogP contribution in [0.15, 0.2) is 24.3 Å². The Kier molecular flexibility index (Phi) is 3.71. The summed E-state index contributed by atoms with van der Waals surface area (Å²) in [6.07, 6.45) is 2.56. The maximum absolute atomic E-state index is 10.6. The van der Waals surface area contributed by atoms with Gasteiger partial charge in [0.2, 0.25) is 0 Å². The molecule has 1 heterocycles. The van der Waals surface area contributed by atoms with Crippen molar-refractivity contribution in [3.05, 3.63) is 40.6 Å². The van der Waals surface area contributed by atoms with Gasteiger partial charge in [-0.15, -0.1) is 0 Å². The maximum atomic E-state index is 10.6. The smallest absolute Gasteiger partial charge is 0.328 e. The summed E-state index contributed by atoms with van der Waals surface area (Å²) in [6, 6.07) is 5.23. The molecule has 0 amide bonds. The number of carboxylic acid groups (broad SMARTS) is 1. The molecule has 1 aromatic heterocycles. The Balaban J connectivity index is 2.77. The molecule has 19 heavy (non-hydrogen) atoms. The lowest BCUT2D eigenvalue weighted by Gasteiger charge is -2.09. The number of methoxy groups -OCH3 is 1. The number of nitrogens with zero attached hydrogens (tertiary/aromatic N) is 1. The van der Waals surface area contributed by atoms with Crippen molar-refractivity contribution in [2.45, 2.75) is 6.92 Å². The topological polar surface area (TPSA) is 59.4 Å². The number of carboxylic acids is 1. The highest BCUT2D eigenvalue weighted by atomic mass is 35.5. The zero-order valence-electron chi connectivity index (χ0n) is 10.5. The fourth-order valence-electron chi connectivity index (χ4n) is 1.88. The standard InChI is InChI=1S/C14H12ClNO3/c1-8-7-10(15)13-9(4-6-12(17)18)3-5-11(19-2)14(13)16-8/h3-7H,1-2H3,(H,17,18)/b6-4+. The second-order valence-electron chi connectivity index (χ2n) is 4.00. The Hall–Kier alpha value is -2.07. The summed E-state index contributed by atoms with van der Waals surface area (Å²) in [5.41, 5.74) is 2.09. The van der Waals surface area contributed by atoms with Crippen molar-refractivity contribution in [2.24, 2.45) is 0 Å². The van der Waals surface area contributed by atoms with Gasteiger partial charge in [0.15, 0.2) is 0 Å². The summed E-state index contributed by atoms with van der Waals surface area (Å²) < 4.78 is 5.26. The number of aromatic nitrogens is 1. The molecule has 1 aromatic carbocycles. The fourth-order valence-corrected chi connectivity index (χ4v) is 2.24. The van der Waals surface area contributed by atoms with Gasteiger partial charge in [0.1, 0.15) is 11.3 Å². The number of halogens is 1. The molecule has 0 aliphatic carbocycles. The van der Waals surface area contributed by atoms with Crippen molar-refractivity contribution in [2.75, 3.05) is 7.11 Å². The first-order valence-electron chi connectivity index (χ1n) is 5.58. The van der Waals surface area contributed by atoms with Gasteiger partial charge in [0.05, 0.1) is 12.1 Å². The molecular formula is C14H12ClNO3. The number of ether oxygens (including phenoxy) is 1. The predicted molar refractivity (Wildman–Crippen MR) is 74.7 cm³/mol. The number of aliphatic carboxylic acids is 1. The molecule has 1 N–H and O–H groups in total. The van der Waals surface area contributed by atoms with Crippen LogP contribution in [0.4, 0.5) is 0 Å². The van der Waals surface area contributed by atoms with E-state index in [4.69, 9.17) is 21.4 Å². The van der Waals surface area contributed by atoms with Gasteiger partial charge in [-0.1, -0.05) is 17.7 Å². The quantitative estimate of drug-likeness (QED) is 0.875. The average molecular weight is 278 g/mol. The third-order valence-corrected chi connectivity index (χ3v) is 2.96. The Morgan fingerprint density at radius 3 is 2.84 bits per heavy atom. The number of hydrogen-bond donors (Lipinski definition) is 1. The molecule has 0 fully saturated rings. The molecule has 0 saturated heterocycles. The normalized spacial score (nSPS) is 11.1. The second-order valence-corrected chi connectivity index (χ2v) is 4.40. The van der Waals surface area contributed by atoms with Crippen LogP contribution in [0.25, 0.3) is 17.0 Å². The summed E-state index contributed by atoms with van der Waals surface area (Å²) in [6.45, 7) is 1.84. The van der Waals surface area contributed by atoms with Gasteiger partial charge >= 0.3 is 5.97 Å². The van der Waals surface area contributed by atoms with Crippen LogP contribution in [0.5, 0.6) is 5.75 Å². The van der Waals surface area contributed by atoms with E-state index in [9.17, 15) is 4.79 Å². The lowest BCUT2D eigenvalue weighted by atomic mass is 10.1. The zero-order valence-corrected chi connectivity index (χ0v) is 11.2. The van der Waals surface area contributed by atoms with Crippen LogP contribution in [0.1, 0.15) is 11.3 Å². The molecule has 0 saturated carbocycles. The average Bonchev–Trinajstić information content (AvgIpc) is 2.35. The number of benzene rings is 1. The third kappa shape index (κ3) is 2.69. The minimum absolute atomic E-state index is 0.520. The van der Waals surface area contributed by atoms with Crippen molar-refractivity contribution in [1.29, 1.82) is 0 Å². The Morgan fingerprint density at radius 2 is 2.21 bits per heavy atom. The van der Waals surface area contributed by atoms with E-state index in [1.54, 1.807) is 25.3 Å². The van der Waals surface area contributed by atoms with Crippen LogP contribution in [-0.4, -0.2) is 23.2 Å². The molecule has 0 atom stereocenters. The van der Waals surface area contributed by atoms with Gasteiger partial charge in [-0.25, -0.2) is 9.78 Å². The molecule has 0 spiro atoms. The number of pyridine rings is 1. The highest BCUT2D eigenvalue weighted by Gasteiger charge is 2.11. The summed E-state index contributed by atoms with van der Waals surface area (Å²) in [5, 5.41) is 9.91. The maximum Gasteiger partial charge on any atom is 0.328 e. The van der Waals surface area contributed by atoms with Gasteiger partial charge in [-0.05, 0) is 30.7 Å². The monoisotopic (exact) mass is 277 g/mol. The second kappa shape index (κ2) is 5.28. The highest BCUT2D eigenvalue weighted by Crippen LogP contribution is 2.33. The lowest BCUT2D eigenvalue weighted by Crippen LogP contribution is -1.93. The van der Waals surface area contributed by atoms with Gasteiger partial charge in [0.25, 0.3) is 0 Å². The third-order valence-electron chi connectivity index (χ3n) is 2.66. The first-order chi connectivity index (χ1) is 9.02. The highest BCUT2D eigenvalue weighted by molar-refractivity contribution is 6.36. The fraction of sp³-hybridized carbons (Fsp3) is 0.143. The van der Waals surface area contributed by atoms with Crippen LogP contribution in [0, 0.1) is 6.92 Å². The summed E-state index contributed by atoms with van der Waals surface area (Å²) in [7, 11) is 1.56. The molecule has 0 aliphatic heterocycles. The van der Waals surface area contributed by atoms with Crippen LogP contribution < -0.4 is 4.74 Å². The number of aryl methyl sites for hydroxylation is 1. The lowest BCUT2D eigenvalue weighted by molar-refractivity contribution is -0.131. The molecule has 4 nitrogen and oxygen atoms in total. The molecule has 2 rings (SSSR count). The number of hydrogen-bond acceptors (Lipinski definition) is 3. The van der Waals surface area contributed by atoms with Crippen molar-refractivity contribution >= 4 is 34.5 Å². The van der Waals surface area contributed by atoms with E-state index < -0.39 is 5.97 Å². The molecule has 0 bridgehead atoms. The predicted octanol–water partition coefficient (Wildman–Crippen LogP) is 3.30. The molecular weight excluding hydrogens is 266 g/mol. The van der Waals surface area contributed by atoms with E-state index in [-0.39, 0.29) is 0 Å². The minimum Gasteiger partial charge on any atom is -0.494 e. The van der Waals surface area contributed by atoms with Crippen LogP contribution in [-0.2, 0) is 4.79 Å². The van der Waals surface area contributed by atoms with Crippen LogP contribution in [0.2, 0.25) is 5.02 Å². The van der Waals surface area contributed by atoms with Gasteiger partial charge in [-0.2, -0.15) is 0 Å². The first-order valence-corrected chi connectivity index (χ1v) is 5.95. The SMILES string of the molecule is COc1ccc(/C=C/C(=O)O)c2c(Cl)cc(C)nc12. The first kappa shape index (κ1) is 13.4. The Morgan fingerprint density at radius 1 is 1.47 bits per heavy atom. The minimum atomic E-state index is -1.01. The molecule has 5 heteroatoms. The van der Waals surface area contributed by atoms with Gasteiger partial charge in [-0.3, -0.25) is 0 Å². The van der Waals surface area contributed by atoms with E-state index >= 15 is 0 Å². The van der Waals surface area contributed by atoms with Crippen molar-refractivity contribution in [1.82, 2.24) is 4.98 Å². The summed E-state index contributed by atoms with van der Waals surface area (Å²) in [5.74, 6) is -0.409. The van der Waals surface area contributed by atoms with Gasteiger partial charge < -0.3 is 9.84 Å². The molecule has 98 valence electrons. The van der Waals surface area contributed by atoms with Gasteiger partial charge in [0, 0.05) is 17.2 Å². The molecule has 2 aromatic rings. The zero-order chi connectivity index (χ0) is 14.0. The van der Waals surface area contributed by atoms with Crippen molar-refractivity contribution < 1.29 is 14.6 Å². The van der Waals surface area contributed by atoms with Crippen LogP contribution >= 0.6 is 11.6 Å². The number of rotatable bonds is 3. The summed E-state index contributed by atoms with van der Waals surface area (Å²) in [4.78, 5) is 15.0. The van der Waals surface area contributed by atoms with Crippen molar-refractivity contribution in [3.63, 3.8) is 0 Å². The number of carbonyl (C=O) groups is 1. The Labute approximate surface area is 115 Å². The van der Waals surface area contributed by atoms with E-state index in [2.05, 4.69) is 4.98 Å². The van der Waals surface area contributed by atoms with Crippen molar-refractivity contribution in [3.8, 4) is 5.75 Å². The van der Waals surface area contributed by atoms with E-state index in [0.717, 1.165) is 11.8 Å². The molecule has 0 aliphatic rings. The largest absolute Gasteiger partial charge is 0.494 e. The number of fused-ring (bicyclic) bond motifs is 1. The van der Waals surface area contributed by atoms with E-state index in [0.29, 0.717) is 27.2 Å². The van der Waals surface area contributed by atoms with E-state index in [1.807, 2.05) is 6.92 Å². The summed E-state index contributed by atoms with van der Waals surface area (Å²) >= 11 is 6.23.